The van der Waals surface area contributed by atoms with Crippen LogP contribution in [0.25, 0.3) is 15.9 Å². The molecule has 0 aliphatic carbocycles. The third-order valence-corrected chi connectivity index (χ3v) is 4.72. The Morgan fingerprint density at radius 2 is 2.07 bits per heavy atom. The first-order chi connectivity index (χ1) is 13.1. The molecule has 1 N–H and O–H groups in total. The summed E-state index contributed by atoms with van der Waals surface area (Å²) < 4.78 is 6.61. The topological polar surface area (TPSA) is 106 Å². The zero-order chi connectivity index (χ0) is 18.8. The predicted octanol–water partition coefficient (Wildman–Crippen LogP) is 1.67. The Kier molecular flexibility index (Phi) is 4.51. The fourth-order valence-corrected chi connectivity index (χ4v) is 3.40. The van der Waals surface area contributed by atoms with Crippen LogP contribution in [0.15, 0.2) is 51.5 Å². The van der Waals surface area contributed by atoms with Gasteiger partial charge in [0.15, 0.2) is 4.96 Å². The van der Waals surface area contributed by atoms with Crippen LogP contribution in [0.3, 0.4) is 0 Å². The molecule has 0 amide bonds. The molecule has 0 saturated heterocycles. The molecular formula is C18H14N4O4S. The Bertz CT molecular complexity index is 1260. The van der Waals surface area contributed by atoms with E-state index in [1.807, 2.05) is 0 Å². The number of rotatable bonds is 5. The lowest BCUT2D eigenvalue weighted by atomic mass is 10.2. The predicted molar refractivity (Wildman–Crippen MR) is 99.8 cm³/mol. The molecule has 8 nitrogen and oxygen atoms in total. The maximum Gasteiger partial charge on any atom is 0.306 e. The number of hydrogen-bond donors (Lipinski definition) is 1. The number of fused-ring (bicyclic) bond motifs is 2. The lowest BCUT2D eigenvalue weighted by Crippen LogP contribution is -2.16. The summed E-state index contributed by atoms with van der Waals surface area (Å²) in [7, 11) is 0. The Labute approximate surface area is 156 Å². The second kappa shape index (κ2) is 7.12. The highest BCUT2D eigenvalue weighted by atomic mass is 32.1. The summed E-state index contributed by atoms with van der Waals surface area (Å²) in [6, 6.07) is 8.35. The van der Waals surface area contributed by atoms with Crippen LogP contribution in [0.2, 0.25) is 0 Å². The van der Waals surface area contributed by atoms with E-state index < -0.39 is 5.97 Å². The lowest BCUT2D eigenvalue weighted by molar-refractivity contribution is -0.145. The van der Waals surface area contributed by atoms with Gasteiger partial charge in [0.2, 0.25) is 0 Å². The zero-order valence-electron chi connectivity index (χ0n) is 14.0. The summed E-state index contributed by atoms with van der Waals surface area (Å²) >= 11 is 1.33. The fourth-order valence-electron chi connectivity index (χ4n) is 2.66. The van der Waals surface area contributed by atoms with E-state index in [1.165, 1.54) is 21.8 Å². The highest BCUT2D eigenvalue weighted by molar-refractivity contribution is 7.15. The lowest BCUT2D eigenvalue weighted by Gasteiger charge is -2.05. The van der Waals surface area contributed by atoms with Crippen molar-refractivity contribution in [1.82, 2.24) is 19.4 Å². The third kappa shape index (κ3) is 3.63. The van der Waals surface area contributed by atoms with Crippen LogP contribution < -0.4 is 11.1 Å². The highest BCUT2D eigenvalue weighted by Crippen LogP contribution is 2.09. The van der Waals surface area contributed by atoms with Crippen LogP contribution in [0, 0.1) is 0 Å². The number of hydrogen-bond acceptors (Lipinski definition) is 7. The van der Waals surface area contributed by atoms with Crippen LogP contribution in [-0.4, -0.2) is 25.3 Å². The SMILES string of the molecule is O=C(CCc1nc2ccccc2c(=O)[nH]1)OCc1cc(=O)n2ccsc2n1. The van der Waals surface area contributed by atoms with Crippen LogP contribution >= 0.6 is 11.3 Å². The number of para-hydroxylation sites is 1. The van der Waals surface area contributed by atoms with Gasteiger partial charge in [-0.05, 0) is 12.1 Å². The first kappa shape index (κ1) is 17.1. The molecule has 0 fully saturated rings. The van der Waals surface area contributed by atoms with Crippen LogP contribution in [0.4, 0.5) is 0 Å². The van der Waals surface area contributed by atoms with Crippen LogP contribution in [0.5, 0.6) is 0 Å². The molecule has 3 aromatic heterocycles. The molecule has 0 saturated carbocycles. The minimum Gasteiger partial charge on any atom is -0.459 e. The molecule has 0 aliphatic heterocycles. The van der Waals surface area contributed by atoms with Gasteiger partial charge < -0.3 is 9.72 Å². The molecular weight excluding hydrogens is 368 g/mol. The Morgan fingerprint density at radius 3 is 2.96 bits per heavy atom. The number of aryl methyl sites for hydroxylation is 1. The summed E-state index contributed by atoms with van der Waals surface area (Å²) in [6.07, 6.45) is 1.95. The molecule has 0 bridgehead atoms. The summed E-state index contributed by atoms with van der Waals surface area (Å²) in [4.78, 5) is 47.8. The van der Waals surface area contributed by atoms with E-state index in [-0.39, 0.29) is 30.6 Å². The largest absolute Gasteiger partial charge is 0.459 e. The van der Waals surface area contributed by atoms with Gasteiger partial charge in [0, 0.05) is 24.1 Å². The highest BCUT2D eigenvalue weighted by Gasteiger charge is 2.10. The molecule has 0 radical (unpaired) electrons. The summed E-state index contributed by atoms with van der Waals surface area (Å²) in [6.45, 7) is -0.0792. The number of ether oxygens (including phenoxy) is 1. The second-order valence-corrected chi connectivity index (χ2v) is 6.70. The van der Waals surface area contributed by atoms with Gasteiger partial charge >= 0.3 is 5.97 Å². The molecule has 0 aliphatic rings. The molecule has 136 valence electrons. The Morgan fingerprint density at radius 1 is 1.22 bits per heavy atom. The van der Waals surface area contributed by atoms with Crippen molar-refractivity contribution in [3.63, 3.8) is 0 Å². The van der Waals surface area contributed by atoms with Crippen LogP contribution in [-0.2, 0) is 22.6 Å². The quantitative estimate of drug-likeness (QED) is 0.526. The number of H-pyrrole nitrogens is 1. The van der Waals surface area contributed by atoms with Gasteiger partial charge in [-0.2, -0.15) is 0 Å². The Balaban J connectivity index is 1.39. The minimum atomic E-state index is -0.459. The monoisotopic (exact) mass is 382 g/mol. The van der Waals surface area contributed by atoms with Crippen molar-refractivity contribution in [2.75, 3.05) is 0 Å². The first-order valence-electron chi connectivity index (χ1n) is 8.19. The van der Waals surface area contributed by atoms with Crippen molar-refractivity contribution in [3.05, 3.63) is 74.1 Å². The number of aromatic nitrogens is 4. The molecule has 3 heterocycles. The van der Waals surface area contributed by atoms with Gasteiger partial charge in [-0.25, -0.2) is 9.97 Å². The smallest absolute Gasteiger partial charge is 0.306 e. The van der Waals surface area contributed by atoms with Crippen molar-refractivity contribution in [2.45, 2.75) is 19.4 Å². The number of esters is 1. The number of nitrogens with zero attached hydrogens (tertiary/aromatic N) is 3. The van der Waals surface area contributed by atoms with Gasteiger partial charge in [0.05, 0.1) is 23.0 Å². The Hall–Kier alpha value is -3.33. The fraction of sp³-hybridized carbons (Fsp3) is 0.167. The average molecular weight is 382 g/mol. The molecule has 0 unspecified atom stereocenters. The maximum absolute atomic E-state index is 12.0. The second-order valence-electron chi connectivity index (χ2n) is 5.83. The summed E-state index contributed by atoms with van der Waals surface area (Å²) in [5, 5.41) is 2.27. The molecule has 4 rings (SSSR count). The first-order valence-corrected chi connectivity index (χ1v) is 9.07. The van der Waals surface area contributed by atoms with Crippen molar-refractivity contribution in [2.24, 2.45) is 0 Å². The molecule has 9 heteroatoms. The number of nitrogens with one attached hydrogen (secondary N) is 1. The normalized spacial score (nSPS) is 11.1. The van der Waals surface area contributed by atoms with Gasteiger partial charge in [-0.3, -0.25) is 18.8 Å². The molecule has 4 aromatic rings. The van der Waals surface area contributed by atoms with Gasteiger partial charge in [0.25, 0.3) is 11.1 Å². The number of aromatic amines is 1. The van der Waals surface area contributed by atoms with Crippen molar-refractivity contribution < 1.29 is 9.53 Å². The molecule has 0 atom stereocenters. The molecule has 0 spiro atoms. The van der Waals surface area contributed by atoms with E-state index in [0.717, 1.165) is 0 Å². The summed E-state index contributed by atoms with van der Waals surface area (Å²) in [5.41, 5.74) is 0.523. The van der Waals surface area contributed by atoms with E-state index in [0.29, 0.717) is 27.4 Å². The van der Waals surface area contributed by atoms with Gasteiger partial charge in [-0.15, -0.1) is 11.3 Å². The van der Waals surface area contributed by atoms with E-state index in [1.54, 1.807) is 35.8 Å². The third-order valence-electron chi connectivity index (χ3n) is 3.97. The van der Waals surface area contributed by atoms with Crippen LogP contribution in [0.1, 0.15) is 17.9 Å². The number of carbonyl (C=O) groups is 1. The van der Waals surface area contributed by atoms with Gasteiger partial charge in [-0.1, -0.05) is 12.1 Å². The standard InChI is InChI=1S/C18H14N4O4S/c23-15-9-11(19-18-22(15)7-8-27-18)10-26-16(24)6-5-14-20-13-4-2-1-3-12(13)17(25)21-14/h1-4,7-9H,5-6,10H2,(H,20,21,25). The number of thiazole rings is 1. The molecule has 27 heavy (non-hydrogen) atoms. The average Bonchev–Trinajstić information content (AvgIpc) is 3.14. The molecule has 1 aromatic carbocycles. The summed E-state index contributed by atoms with van der Waals surface area (Å²) in [5.74, 6) is -0.0361. The minimum absolute atomic E-state index is 0.0571. The van der Waals surface area contributed by atoms with Crippen molar-refractivity contribution >= 4 is 33.2 Å². The van der Waals surface area contributed by atoms with Crippen molar-refractivity contribution in [3.8, 4) is 0 Å². The van der Waals surface area contributed by atoms with E-state index in [2.05, 4.69) is 15.0 Å². The van der Waals surface area contributed by atoms with Crippen molar-refractivity contribution in [1.29, 1.82) is 0 Å². The van der Waals surface area contributed by atoms with E-state index >= 15 is 0 Å². The van der Waals surface area contributed by atoms with E-state index in [9.17, 15) is 14.4 Å². The zero-order valence-corrected chi connectivity index (χ0v) is 14.9. The number of benzene rings is 1. The van der Waals surface area contributed by atoms with E-state index in [4.69, 9.17) is 4.74 Å². The maximum atomic E-state index is 12.0. The van der Waals surface area contributed by atoms with Gasteiger partial charge in [0.1, 0.15) is 12.4 Å². The number of carbonyl (C=O) groups excluding carboxylic acids is 1.